The van der Waals surface area contributed by atoms with Crippen LogP contribution in [0.2, 0.25) is 0 Å². The van der Waals surface area contributed by atoms with Crippen molar-refractivity contribution in [1.82, 2.24) is 0 Å². The molecule has 1 aliphatic carbocycles. The first-order valence-corrected chi connectivity index (χ1v) is 12.6. The molecule has 0 saturated heterocycles. The van der Waals surface area contributed by atoms with E-state index in [-0.39, 0.29) is 23.6 Å². The Bertz CT molecular complexity index is 1150. The first-order chi connectivity index (χ1) is 15.3. The number of hydrogen-bond acceptors (Lipinski definition) is 5. The number of hydrogen-bond donors (Lipinski definition) is 0. The minimum atomic E-state index is -3.97. The number of fused-ring (bicyclic) bond motifs is 1. The molecule has 0 spiro atoms. The van der Waals surface area contributed by atoms with E-state index in [0.717, 1.165) is 29.7 Å². The van der Waals surface area contributed by atoms with Crippen molar-refractivity contribution < 1.29 is 22.7 Å². The highest BCUT2D eigenvalue weighted by Crippen LogP contribution is 2.42. The van der Waals surface area contributed by atoms with Crippen LogP contribution in [-0.4, -0.2) is 38.2 Å². The summed E-state index contributed by atoms with van der Waals surface area (Å²) in [6.07, 6.45) is 3.42. The van der Waals surface area contributed by atoms with E-state index in [9.17, 15) is 18.0 Å². The van der Waals surface area contributed by atoms with Gasteiger partial charge >= 0.3 is 5.97 Å². The lowest BCUT2D eigenvalue weighted by Gasteiger charge is -2.30. The minimum Gasteiger partial charge on any atom is -0.454 e. The van der Waals surface area contributed by atoms with Gasteiger partial charge in [-0.05, 0) is 68.4 Å². The first-order valence-electron chi connectivity index (χ1n) is 11.1. The average molecular weight is 456 g/mol. The van der Waals surface area contributed by atoms with Gasteiger partial charge < -0.3 is 9.64 Å². The number of ether oxygens (including phenoxy) is 1. The zero-order chi connectivity index (χ0) is 22.9. The van der Waals surface area contributed by atoms with Gasteiger partial charge in [-0.15, -0.1) is 0 Å². The van der Waals surface area contributed by atoms with Gasteiger partial charge in [-0.1, -0.05) is 43.2 Å². The number of para-hydroxylation sites is 1. The first kappa shape index (κ1) is 22.5. The van der Waals surface area contributed by atoms with E-state index in [4.69, 9.17) is 4.74 Å². The summed E-state index contributed by atoms with van der Waals surface area (Å²) >= 11 is 0. The van der Waals surface area contributed by atoms with Crippen molar-refractivity contribution in [3.63, 3.8) is 0 Å². The Morgan fingerprint density at radius 2 is 1.75 bits per heavy atom. The summed E-state index contributed by atoms with van der Waals surface area (Å²) in [6, 6.07) is 12.9. The van der Waals surface area contributed by atoms with Crippen LogP contribution in [-0.2, 0) is 30.6 Å². The van der Waals surface area contributed by atoms with Crippen LogP contribution in [0.25, 0.3) is 0 Å². The van der Waals surface area contributed by atoms with Crippen LogP contribution in [0.1, 0.15) is 48.8 Å². The maximum Gasteiger partial charge on any atom is 0.328 e. The molecule has 1 heterocycles. The highest BCUT2D eigenvalue weighted by atomic mass is 32.2. The zero-order valence-corrected chi connectivity index (χ0v) is 19.4. The number of aryl methyl sites for hydroxylation is 3. The smallest absolute Gasteiger partial charge is 0.328 e. The third-order valence-corrected chi connectivity index (χ3v) is 9.29. The molecule has 0 bridgehead atoms. The minimum absolute atomic E-state index is 0.174. The van der Waals surface area contributed by atoms with Gasteiger partial charge in [-0.3, -0.25) is 9.59 Å². The Labute approximate surface area is 189 Å². The highest BCUT2D eigenvalue weighted by Gasteiger charge is 2.54. The van der Waals surface area contributed by atoms with Gasteiger partial charge in [0.1, 0.15) is 0 Å². The maximum absolute atomic E-state index is 13.7. The molecule has 1 saturated carbocycles. The van der Waals surface area contributed by atoms with Gasteiger partial charge in [0.25, 0.3) is 5.91 Å². The molecule has 2 aromatic carbocycles. The van der Waals surface area contributed by atoms with Gasteiger partial charge in [-0.25, -0.2) is 8.42 Å². The Balaban J connectivity index is 1.56. The van der Waals surface area contributed by atoms with Gasteiger partial charge in [0.05, 0.1) is 4.90 Å². The monoisotopic (exact) mass is 455 g/mol. The van der Waals surface area contributed by atoms with Crippen molar-refractivity contribution >= 4 is 27.4 Å². The van der Waals surface area contributed by atoms with Crippen LogP contribution in [0.3, 0.4) is 0 Å². The number of carbonyl (C=O) groups excluding carboxylic acids is 2. The molecule has 0 radical (unpaired) electrons. The number of carbonyl (C=O) groups is 2. The number of nitrogens with zero attached hydrogens (tertiary/aromatic N) is 1. The molecule has 0 unspecified atom stereocenters. The van der Waals surface area contributed by atoms with Crippen molar-refractivity contribution in [1.29, 1.82) is 0 Å². The number of anilines is 1. The molecule has 6 nitrogen and oxygen atoms in total. The Kier molecular flexibility index (Phi) is 6.12. The van der Waals surface area contributed by atoms with Crippen molar-refractivity contribution in [2.24, 2.45) is 0 Å². The van der Waals surface area contributed by atoms with E-state index in [1.165, 1.54) is 0 Å². The number of sulfone groups is 1. The molecule has 4 rings (SSSR count). The lowest BCUT2D eigenvalue weighted by Crippen LogP contribution is -2.47. The topological polar surface area (TPSA) is 80.7 Å². The van der Waals surface area contributed by atoms with E-state index in [1.807, 2.05) is 37.3 Å². The predicted octanol–water partition coefficient (Wildman–Crippen LogP) is 3.91. The van der Waals surface area contributed by atoms with E-state index < -0.39 is 27.2 Å². The summed E-state index contributed by atoms with van der Waals surface area (Å²) in [4.78, 5) is 28.0. The number of amides is 1. The molecule has 7 heteroatoms. The molecule has 1 amide bonds. The van der Waals surface area contributed by atoms with Crippen LogP contribution in [0, 0.1) is 13.8 Å². The van der Waals surface area contributed by atoms with Gasteiger partial charge in [0.2, 0.25) is 0 Å². The predicted molar refractivity (Wildman–Crippen MR) is 122 cm³/mol. The van der Waals surface area contributed by atoms with E-state index in [1.54, 1.807) is 24.0 Å². The number of rotatable bonds is 5. The SMILES string of the molecule is Cc1ccc(C)c(S(=O)(=O)C2(C(=O)OCC(=O)N3CCCc4ccccc43)CCCC2)c1. The summed E-state index contributed by atoms with van der Waals surface area (Å²) in [5.74, 6) is -1.14. The molecule has 1 aliphatic heterocycles. The van der Waals surface area contributed by atoms with Gasteiger partial charge in [-0.2, -0.15) is 0 Å². The van der Waals surface area contributed by atoms with Crippen molar-refractivity contribution in [3.8, 4) is 0 Å². The molecule has 2 aliphatic rings. The molecule has 0 atom stereocenters. The summed E-state index contributed by atoms with van der Waals surface area (Å²) in [6.45, 7) is 3.65. The third kappa shape index (κ3) is 3.83. The summed E-state index contributed by atoms with van der Waals surface area (Å²) in [5.41, 5.74) is 3.34. The molecular formula is C25H29NO5S. The molecule has 0 N–H and O–H groups in total. The standard InChI is InChI=1S/C25H29NO5S/c1-18-11-12-19(2)22(16-18)32(29,30)25(13-5-6-14-25)24(28)31-17-23(27)26-15-7-9-20-8-3-4-10-21(20)26/h3-4,8,10-12,16H,5-7,9,13-15,17H2,1-2H3. The summed E-state index contributed by atoms with van der Waals surface area (Å²) in [7, 11) is -3.97. The molecule has 2 aromatic rings. The number of esters is 1. The largest absolute Gasteiger partial charge is 0.454 e. The molecular weight excluding hydrogens is 426 g/mol. The van der Waals surface area contributed by atoms with Crippen molar-refractivity contribution in [2.45, 2.75) is 62.0 Å². The fraction of sp³-hybridized carbons (Fsp3) is 0.440. The molecule has 170 valence electrons. The Hall–Kier alpha value is -2.67. The Morgan fingerprint density at radius 3 is 2.50 bits per heavy atom. The highest BCUT2D eigenvalue weighted by molar-refractivity contribution is 7.93. The van der Waals surface area contributed by atoms with Crippen molar-refractivity contribution in [3.05, 3.63) is 59.2 Å². The normalized spacial score (nSPS) is 17.6. The van der Waals surface area contributed by atoms with Crippen LogP contribution in [0.5, 0.6) is 0 Å². The molecule has 0 aromatic heterocycles. The maximum atomic E-state index is 13.7. The number of benzene rings is 2. The molecule has 1 fully saturated rings. The van der Waals surface area contributed by atoms with Crippen molar-refractivity contribution in [2.75, 3.05) is 18.1 Å². The zero-order valence-electron chi connectivity index (χ0n) is 18.6. The third-order valence-electron chi connectivity index (χ3n) is 6.67. The lowest BCUT2D eigenvalue weighted by molar-refractivity contribution is -0.150. The fourth-order valence-corrected chi connectivity index (χ4v) is 7.22. The van der Waals surface area contributed by atoms with Crippen LogP contribution >= 0.6 is 0 Å². The Morgan fingerprint density at radius 1 is 1.03 bits per heavy atom. The summed E-state index contributed by atoms with van der Waals surface area (Å²) < 4.78 is 31.2. The van der Waals surface area contributed by atoms with Crippen LogP contribution in [0.4, 0.5) is 5.69 Å². The van der Waals surface area contributed by atoms with E-state index in [0.29, 0.717) is 24.9 Å². The average Bonchev–Trinajstić information content (AvgIpc) is 3.30. The summed E-state index contributed by atoms with van der Waals surface area (Å²) in [5, 5.41) is 0. The lowest BCUT2D eigenvalue weighted by atomic mass is 10.0. The fourth-order valence-electron chi connectivity index (χ4n) is 4.87. The second kappa shape index (κ2) is 8.70. The van der Waals surface area contributed by atoms with Gasteiger partial charge in [0, 0.05) is 12.2 Å². The second-order valence-corrected chi connectivity index (χ2v) is 11.1. The second-order valence-electron chi connectivity index (χ2n) is 8.83. The van der Waals surface area contributed by atoms with E-state index >= 15 is 0 Å². The van der Waals surface area contributed by atoms with Crippen LogP contribution < -0.4 is 4.90 Å². The van der Waals surface area contributed by atoms with Gasteiger partial charge in [0.15, 0.2) is 21.2 Å². The van der Waals surface area contributed by atoms with E-state index in [2.05, 4.69) is 0 Å². The quantitative estimate of drug-likeness (QED) is 0.639. The van der Waals surface area contributed by atoms with Crippen LogP contribution in [0.15, 0.2) is 47.4 Å². The molecule has 32 heavy (non-hydrogen) atoms.